The molecule has 4 rings (SSSR count). The highest BCUT2D eigenvalue weighted by Crippen LogP contribution is 2.35. The molecule has 0 bridgehead atoms. The number of hydrogen-bond donors (Lipinski definition) is 1. The van der Waals surface area contributed by atoms with Crippen LogP contribution in [0.4, 0.5) is 0 Å². The Balaban J connectivity index is 0.00000225. The van der Waals surface area contributed by atoms with Crippen LogP contribution < -0.4 is 10.1 Å². The van der Waals surface area contributed by atoms with Crippen molar-refractivity contribution < 1.29 is 4.74 Å². The molecule has 0 unspecified atom stereocenters. The summed E-state index contributed by atoms with van der Waals surface area (Å²) in [5.41, 5.74) is 4.93. The molecule has 0 radical (unpaired) electrons. The van der Waals surface area contributed by atoms with Gasteiger partial charge in [0.1, 0.15) is 15.8 Å². The van der Waals surface area contributed by atoms with Crippen molar-refractivity contribution in [2.24, 2.45) is 0 Å². The number of hydrogen-bond acceptors (Lipinski definition) is 5. The lowest BCUT2D eigenvalue weighted by Crippen LogP contribution is -2.16. The molecule has 0 saturated carbocycles. The third kappa shape index (κ3) is 4.66. The van der Waals surface area contributed by atoms with Crippen LogP contribution in [0.15, 0.2) is 36.4 Å². The summed E-state index contributed by atoms with van der Waals surface area (Å²) < 4.78 is 5.70. The SMILES string of the molecule is CC(C)Oc1ccc(-c2nnc(-c3ccc4c(c3)CCNCC4)s2)cc1Cl.Cl. The first-order chi connectivity index (χ1) is 13.1. The molecule has 148 valence electrons. The first-order valence-electron chi connectivity index (χ1n) is 9.23. The average molecular weight is 436 g/mol. The first kappa shape index (κ1) is 21.1. The van der Waals surface area contributed by atoms with E-state index in [1.165, 1.54) is 11.1 Å². The zero-order valence-electron chi connectivity index (χ0n) is 15.9. The molecule has 2 heterocycles. The minimum Gasteiger partial charge on any atom is -0.489 e. The van der Waals surface area contributed by atoms with Gasteiger partial charge in [0.25, 0.3) is 0 Å². The van der Waals surface area contributed by atoms with E-state index in [1.54, 1.807) is 11.3 Å². The van der Waals surface area contributed by atoms with Gasteiger partial charge in [-0.15, -0.1) is 22.6 Å². The number of halogens is 2. The van der Waals surface area contributed by atoms with Gasteiger partial charge in [-0.1, -0.05) is 35.1 Å². The van der Waals surface area contributed by atoms with E-state index >= 15 is 0 Å². The van der Waals surface area contributed by atoms with Crippen LogP contribution in [0.1, 0.15) is 25.0 Å². The van der Waals surface area contributed by atoms with Crippen LogP contribution in [-0.4, -0.2) is 29.4 Å². The van der Waals surface area contributed by atoms with Crippen LogP contribution in [0.3, 0.4) is 0 Å². The molecule has 7 heteroatoms. The fourth-order valence-corrected chi connectivity index (χ4v) is 4.31. The minimum absolute atomic E-state index is 0. The molecule has 1 N–H and O–H groups in total. The average Bonchev–Trinajstić information content (AvgIpc) is 3.02. The standard InChI is InChI=1S/C21H22ClN3OS.ClH/c1-13(2)26-19-6-5-17(12-18(19)22)21-25-24-20(27-21)16-4-3-14-7-9-23-10-8-15(14)11-16;/h3-6,11-13,23H,7-10H2,1-2H3;1H. The van der Waals surface area contributed by atoms with E-state index in [0.717, 1.165) is 47.1 Å². The predicted molar refractivity (Wildman–Crippen MR) is 119 cm³/mol. The summed E-state index contributed by atoms with van der Waals surface area (Å²) in [7, 11) is 0. The zero-order chi connectivity index (χ0) is 18.8. The summed E-state index contributed by atoms with van der Waals surface area (Å²) >= 11 is 7.95. The Bertz CT molecular complexity index is 959. The van der Waals surface area contributed by atoms with Crippen LogP contribution in [0.25, 0.3) is 21.1 Å². The quantitative estimate of drug-likeness (QED) is 0.593. The fourth-order valence-electron chi connectivity index (χ4n) is 3.25. The van der Waals surface area contributed by atoms with E-state index in [4.69, 9.17) is 16.3 Å². The monoisotopic (exact) mass is 435 g/mol. The highest BCUT2D eigenvalue weighted by Gasteiger charge is 2.14. The molecule has 4 nitrogen and oxygen atoms in total. The topological polar surface area (TPSA) is 47.0 Å². The maximum absolute atomic E-state index is 6.37. The number of ether oxygens (including phenoxy) is 1. The Morgan fingerprint density at radius 2 is 1.61 bits per heavy atom. The molecular weight excluding hydrogens is 413 g/mol. The Morgan fingerprint density at radius 3 is 2.29 bits per heavy atom. The Hall–Kier alpha value is -1.66. The van der Waals surface area contributed by atoms with Crippen molar-refractivity contribution >= 4 is 35.3 Å². The molecule has 0 saturated heterocycles. The highest BCUT2D eigenvalue weighted by atomic mass is 35.5. The number of aromatic nitrogens is 2. The number of fused-ring (bicyclic) bond motifs is 1. The molecule has 2 aromatic carbocycles. The number of benzene rings is 2. The second-order valence-corrected chi connectivity index (χ2v) is 8.34. The lowest BCUT2D eigenvalue weighted by atomic mass is 10.0. The van der Waals surface area contributed by atoms with Gasteiger partial charge in [-0.05, 0) is 75.2 Å². The van der Waals surface area contributed by atoms with Crippen molar-refractivity contribution in [3.63, 3.8) is 0 Å². The summed E-state index contributed by atoms with van der Waals surface area (Å²) in [5, 5.41) is 14.6. The van der Waals surface area contributed by atoms with Crippen LogP contribution in [0.5, 0.6) is 5.75 Å². The third-order valence-electron chi connectivity index (χ3n) is 4.56. The molecule has 1 aliphatic rings. The zero-order valence-corrected chi connectivity index (χ0v) is 18.3. The van der Waals surface area contributed by atoms with Gasteiger partial charge in [0, 0.05) is 11.1 Å². The van der Waals surface area contributed by atoms with E-state index in [1.807, 2.05) is 32.0 Å². The van der Waals surface area contributed by atoms with Gasteiger partial charge in [-0.2, -0.15) is 0 Å². The van der Waals surface area contributed by atoms with Crippen LogP contribution in [-0.2, 0) is 12.8 Å². The largest absolute Gasteiger partial charge is 0.489 e. The summed E-state index contributed by atoms with van der Waals surface area (Å²) in [6.45, 7) is 6.05. The van der Waals surface area contributed by atoms with Crippen LogP contribution >= 0.6 is 35.3 Å². The van der Waals surface area contributed by atoms with Gasteiger partial charge in [-0.3, -0.25) is 0 Å². The van der Waals surface area contributed by atoms with E-state index < -0.39 is 0 Å². The molecule has 28 heavy (non-hydrogen) atoms. The van der Waals surface area contributed by atoms with Crippen molar-refractivity contribution in [1.29, 1.82) is 0 Å². The molecule has 0 atom stereocenters. The fraction of sp³-hybridized carbons (Fsp3) is 0.333. The number of rotatable bonds is 4. The van der Waals surface area contributed by atoms with Gasteiger partial charge in [0.15, 0.2) is 0 Å². The molecule has 3 aromatic rings. The predicted octanol–water partition coefficient (Wildman–Crippen LogP) is 5.42. The van der Waals surface area contributed by atoms with E-state index in [2.05, 4.69) is 33.7 Å². The van der Waals surface area contributed by atoms with Crippen molar-refractivity contribution in [1.82, 2.24) is 15.5 Å². The van der Waals surface area contributed by atoms with Gasteiger partial charge in [-0.25, -0.2) is 0 Å². The van der Waals surface area contributed by atoms with Crippen LogP contribution in [0.2, 0.25) is 5.02 Å². The van der Waals surface area contributed by atoms with Crippen molar-refractivity contribution in [2.75, 3.05) is 13.1 Å². The molecule has 0 fully saturated rings. The summed E-state index contributed by atoms with van der Waals surface area (Å²) in [4.78, 5) is 0. The normalized spacial score (nSPS) is 13.6. The second-order valence-electron chi connectivity index (χ2n) is 6.96. The van der Waals surface area contributed by atoms with E-state index in [-0.39, 0.29) is 18.5 Å². The maximum atomic E-state index is 6.37. The van der Waals surface area contributed by atoms with Gasteiger partial charge in [0.2, 0.25) is 0 Å². The Kier molecular flexibility index (Phi) is 6.94. The first-order valence-corrected chi connectivity index (χ1v) is 10.4. The highest BCUT2D eigenvalue weighted by molar-refractivity contribution is 7.17. The third-order valence-corrected chi connectivity index (χ3v) is 5.88. The summed E-state index contributed by atoms with van der Waals surface area (Å²) in [6, 6.07) is 12.4. The van der Waals surface area contributed by atoms with Crippen LogP contribution in [0, 0.1) is 0 Å². The molecule has 0 spiro atoms. The number of nitrogens with one attached hydrogen (secondary N) is 1. The molecule has 0 amide bonds. The molecular formula is C21H23Cl2N3OS. The second kappa shape index (κ2) is 9.23. The summed E-state index contributed by atoms with van der Waals surface area (Å²) in [6.07, 6.45) is 2.23. The smallest absolute Gasteiger partial charge is 0.148 e. The molecule has 1 aliphatic heterocycles. The van der Waals surface area contributed by atoms with Gasteiger partial charge < -0.3 is 10.1 Å². The number of nitrogens with zero attached hydrogens (tertiary/aromatic N) is 2. The van der Waals surface area contributed by atoms with Crippen molar-refractivity contribution in [2.45, 2.75) is 32.8 Å². The van der Waals surface area contributed by atoms with Crippen molar-refractivity contribution in [3.05, 3.63) is 52.5 Å². The molecule has 1 aromatic heterocycles. The van der Waals surface area contributed by atoms with E-state index in [0.29, 0.717) is 10.8 Å². The lowest BCUT2D eigenvalue weighted by Gasteiger charge is -2.11. The Labute approximate surface area is 180 Å². The Morgan fingerprint density at radius 1 is 0.964 bits per heavy atom. The van der Waals surface area contributed by atoms with E-state index in [9.17, 15) is 0 Å². The lowest BCUT2D eigenvalue weighted by molar-refractivity contribution is 0.242. The summed E-state index contributed by atoms with van der Waals surface area (Å²) in [5.74, 6) is 0.694. The molecule has 0 aliphatic carbocycles. The van der Waals surface area contributed by atoms with Crippen molar-refractivity contribution in [3.8, 4) is 26.9 Å². The maximum Gasteiger partial charge on any atom is 0.148 e. The van der Waals surface area contributed by atoms with Gasteiger partial charge in [0.05, 0.1) is 11.1 Å². The minimum atomic E-state index is 0. The van der Waals surface area contributed by atoms with Gasteiger partial charge >= 0.3 is 0 Å².